The summed E-state index contributed by atoms with van der Waals surface area (Å²) in [4.78, 5) is 0. The fourth-order valence-corrected chi connectivity index (χ4v) is 0.717. The van der Waals surface area contributed by atoms with Gasteiger partial charge in [-0.05, 0) is 12.0 Å². The van der Waals surface area contributed by atoms with Gasteiger partial charge in [0.05, 0.1) is 18.1 Å². The van der Waals surface area contributed by atoms with E-state index in [-0.39, 0.29) is 0 Å². The quantitative estimate of drug-likeness (QED) is 0.712. The molecule has 1 rings (SSSR count). The average Bonchev–Trinajstić information content (AvgIpc) is 2.03. The zero-order valence-corrected chi connectivity index (χ0v) is 6.91. The molecule has 0 aliphatic heterocycles. The Bertz CT molecular complexity index is 196. The van der Waals surface area contributed by atoms with E-state index in [0.29, 0.717) is 5.92 Å². The molecule has 0 radical (unpaired) electrons. The first-order chi connectivity index (χ1) is 5.29. The maximum atomic E-state index is 3.75. The Morgan fingerprint density at radius 1 is 1.45 bits per heavy atom. The van der Waals surface area contributed by atoms with E-state index in [4.69, 9.17) is 0 Å². The SMILES string of the molecule is CC(C)CNc1ccnnc1. The number of nitrogens with zero attached hydrogens (tertiary/aromatic N) is 2. The molecule has 1 N–H and O–H groups in total. The molecule has 0 unspecified atom stereocenters. The van der Waals surface area contributed by atoms with Crippen LogP contribution < -0.4 is 5.32 Å². The average molecular weight is 151 g/mol. The fourth-order valence-electron chi connectivity index (χ4n) is 0.717. The first-order valence-corrected chi connectivity index (χ1v) is 3.79. The van der Waals surface area contributed by atoms with Gasteiger partial charge in [-0.15, -0.1) is 0 Å². The summed E-state index contributed by atoms with van der Waals surface area (Å²) in [6.07, 6.45) is 3.41. The standard InChI is InChI=1S/C8H13N3/c1-7(2)5-9-8-3-4-10-11-6-8/h3-4,6-7H,5H2,1-2H3,(H,9,10). The second-order valence-corrected chi connectivity index (χ2v) is 2.91. The van der Waals surface area contributed by atoms with E-state index in [1.54, 1.807) is 12.4 Å². The molecule has 11 heavy (non-hydrogen) atoms. The Labute approximate surface area is 66.8 Å². The van der Waals surface area contributed by atoms with E-state index < -0.39 is 0 Å². The molecule has 0 saturated heterocycles. The molecule has 1 aromatic rings. The fraction of sp³-hybridized carbons (Fsp3) is 0.500. The van der Waals surface area contributed by atoms with Crippen LogP contribution in [0.2, 0.25) is 0 Å². The Balaban J connectivity index is 2.39. The lowest BCUT2D eigenvalue weighted by atomic mass is 10.2. The summed E-state index contributed by atoms with van der Waals surface area (Å²) in [7, 11) is 0. The minimum absolute atomic E-state index is 0.656. The zero-order valence-electron chi connectivity index (χ0n) is 6.91. The van der Waals surface area contributed by atoms with Crippen molar-refractivity contribution in [3.05, 3.63) is 18.5 Å². The lowest BCUT2D eigenvalue weighted by Gasteiger charge is -2.06. The lowest BCUT2D eigenvalue weighted by molar-refractivity contribution is 0.688. The van der Waals surface area contributed by atoms with E-state index >= 15 is 0 Å². The van der Waals surface area contributed by atoms with Gasteiger partial charge in [0.2, 0.25) is 0 Å². The lowest BCUT2D eigenvalue weighted by Crippen LogP contribution is -2.07. The van der Waals surface area contributed by atoms with Crippen LogP contribution in [0.1, 0.15) is 13.8 Å². The van der Waals surface area contributed by atoms with Crippen molar-refractivity contribution in [3.8, 4) is 0 Å². The van der Waals surface area contributed by atoms with Gasteiger partial charge in [-0.25, -0.2) is 0 Å². The van der Waals surface area contributed by atoms with Crippen LogP contribution in [0, 0.1) is 5.92 Å². The van der Waals surface area contributed by atoms with Gasteiger partial charge in [-0.3, -0.25) is 0 Å². The van der Waals surface area contributed by atoms with Gasteiger partial charge in [-0.1, -0.05) is 13.8 Å². The highest BCUT2D eigenvalue weighted by atomic mass is 15.1. The minimum atomic E-state index is 0.656. The van der Waals surface area contributed by atoms with E-state index in [2.05, 4.69) is 29.4 Å². The highest BCUT2D eigenvalue weighted by Crippen LogP contribution is 2.02. The molecule has 0 aliphatic carbocycles. The molecule has 0 saturated carbocycles. The topological polar surface area (TPSA) is 37.8 Å². The smallest absolute Gasteiger partial charge is 0.0727 e. The summed E-state index contributed by atoms with van der Waals surface area (Å²) in [5.74, 6) is 0.656. The number of rotatable bonds is 3. The number of nitrogens with one attached hydrogen (secondary N) is 1. The maximum Gasteiger partial charge on any atom is 0.0727 e. The van der Waals surface area contributed by atoms with Gasteiger partial charge in [0, 0.05) is 6.54 Å². The van der Waals surface area contributed by atoms with Crippen LogP contribution in [-0.2, 0) is 0 Å². The predicted octanol–water partition coefficient (Wildman–Crippen LogP) is 1.54. The first-order valence-electron chi connectivity index (χ1n) is 3.79. The van der Waals surface area contributed by atoms with Crippen LogP contribution >= 0.6 is 0 Å². The van der Waals surface area contributed by atoms with Gasteiger partial charge in [0.15, 0.2) is 0 Å². The molecule has 0 spiro atoms. The predicted molar refractivity (Wildman–Crippen MR) is 45.4 cm³/mol. The van der Waals surface area contributed by atoms with Gasteiger partial charge < -0.3 is 5.32 Å². The zero-order chi connectivity index (χ0) is 8.10. The van der Waals surface area contributed by atoms with E-state index in [1.165, 1.54) is 0 Å². The Morgan fingerprint density at radius 2 is 2.27 bits per heavy atom. The molecule has 0 fully saturated rings. The van der Waals surface area contributed by atoms with Crippen LogP contribution in [-0.4, -0.2) is 16.7 Å². The summed E-state index contributed by atoms with van der Waals surface area (Å²) in [5.41, 5.74) is 1.04. The minimum Gasteiger partial charge on any atom is -0.383 e. The van der Waals surface area contributed by atoms with E-state index in [1.807, 2.05) is 6.07 Å². The molecule has 60 valence electrons. The summed E-state index contributed by atoms with van der Waals surface area (Å²) in [6, 6.07) is 1.91. The van der Waals surface area contributed by atoms with Crippen molar-refractivity contribution in [2.75, 3.05) is 11.9 Å². The number of hydrogen-bond donors (Lipinski definition) is 1. The van der Waals surface area contributed by atoms with Crippen molar-refractivity contribution in [2.24, 2.45) is 5.92 Å². The summed E-state index contributed by atoms with van der Waals surface area (Å²) < 4.78 is 0. The molecule has 0 aromatic carbocycles. The van der Waals surface area contributed by atoms with Gasteiger partial charge in [0.25, 0.3) is 0 Å². The first kappa shape index (κ1) is 7.98. The van der Waals surface area contributed by atoms with Crippen molar-refractivity contribution < 1.29 is 0 Å². The highest BCUT2D eigenvalue weighted by Gasteiger charge is 1.93. The molecule has 3 nitrogen and oxygen atoms in total. The molecule has 0 bridgehead atoms. The second kappa shape index (κ2) is 3.91. The van der Waals surface area contributed by atoms with Crippen LogP contribution in [0.5, 0.6) is 0 Å². The third-order valence-electron chi connectivity index (χ3n) is 1.30. The van der Waals surface area contributed by atoms with Crippen molar-refractivity contribution >= 4 is 5.69 Å². The molecule has 1 heterocycles. The molecule has 0 aliphatic rings. The molecular weight excluding hydrogens is 138 g/mol. The van der Waals surface area contributed by atoms with Gasteiger partial charge in [0.1, 0.15) is 0 Å². The van der Waals surface area contributed by atoms with Gasteiger partial charge >= 0.3 is 0 Å². The molecule has 0 atom stereocenters. The largest absolute Gasteiger partial charge is 0.383 e. The Morgan fingerprint density at radius 3 is 2.82 bits per heavy atom. The van der Waals surface area contributed by atoms with E-state index in [0.717, 1.165) is 12.2 Å². The summed E-state index contributed by atoms with van der Waals surface area (Å²) in [6.45, 7) is 5.31. The highest BCUT2D eigenvalue weighted by molar-refractivity contribution is 5.38. The Kier molecular flexibility index (Phi) is 2.83. The van der Waals surface area contributed by atoms with Crippen LogP contribution in [0.25, 0.3) is 0 Å². The van der Waals surface area contributed by atoms with Crippen molar-refractivity contribution in [1.29, 1.82) is 0 Å². The third kappa shape index (κ3) is 2.98. The van der Waals surface area contributed by atoms with Crippen molar-refractivity contribution in [1.82, 2.24) is 10.2 Å². The van der Waals surface area contributed by atoms with Crippen molar-refractivity contribution in [2.45, 2.75) is 13.8 Å². The molecule has 3 heteroatoms. The van der Waals surface area contributed by atoms with E-state index in [9.17, 15) is 0 Å². The second-order valence-electron chi connectivity index (χ2n) is 2.91. The van der Waals surface area contributed by atoms with Crippen LogP contribution in [0.15, 0.2) is 18.5 Å². The molecule has 1 aromatic heterocycles. The van der Waals surface area contributed by atoms with Crippen molar-refractivity contribution in [3.63, 3.8) is 0 Å². The maximum absolute atomic E-state index is 3.75. The van der Waals surface area contributed by atoms with Gasteiger partial charge in [-0.2, -0.15) is 10.2 Å². The van der Waals surface area contributed by atoms with Crippen LogP contribution in [0.4, 0.5) is 5.69 Å². The summed E-state index contributed by atoms with van der Waals surface area (Å²) >= 11 is 0. The van der Waals surface area contributed by atoms with Crippen LogP contribution in [0.3, 0.4) is 0 Å². The summed E-state index contributed by atoms with van der Waals surface area (Å²) in [5, 5.41) is 10.7. The molecule has 0 amide bonds. The third-order valence-corrected chi connectivity index (χ3v) is 1.30. The number of aromatic nitrogens is 2. The number of hydrogen-bond acceptors (Lipinski definition) is 3. The monoisotopic (exact) mass is 151 g/mol. The Hall–Kier alpha value is -1.12. The number of anilines is 1. The normalized spacial score (nSPS) is 10.1. The molecular formula is C8H13N3.